The minimum atomic E-state index is -0.790. The number of aromatic hydroxyl groups is 1. The number of rotatable bonds is 12. The van der Waals surface area contributed by atoms with E-state index in [0.717, 1.165) is 55.2 Å². The quantitative estimate of drug-likeness (QED) is 0.219. The molecule has 0 bridgehead atoms. The Bertz CT molecular complexity index is 1670. The summed E-state index contributed by atoms with van der Waals surface area (Å²) >= 11 is 0. The number of hydrazine groups is 1. The van der Waals surface area contributed by atoms with E-state index in [9.17, 15) is 19.5 Å². The predicted octanol–water partition coefficient (Wildman–Crippen LogP) is 3.11. The summed E-state index contributed by atoms with van der Waals surface area (Å²) in [6, 6.07) is 23.4. The molecular formula is C38H48N8O5. The van der Waals surface area contributed by atoms with Crippen molar-refractivity contribution in [2.45, 2.75) is 45.1 Å². The number of phenolic OH excluding ortho intramolecular Hbond substituents is 1. The molecule has 0 spiro atoms. The van der Waals surface area contributed by atoms with Crippen LogP contribution in [0.15, 0.2) is 84.0 Å². The molecule has 3 fully saturated rings. The molecule has 270 valence electrons. The van der Waals surface area contributed by atoms with Crippen LogP contribution in [0.25, 0.3) is 0 Å². The maximum absolute atomic E-state index is 14.5. The zero-order valence-corrected chi connectivity index (χ0v) is 29.4. The Morgan fingerprint density at radius 2 is 1.73 bits per heavy atom. The lowest BCUT2D eigenvalue weighted by molar-refractivity contribution is -0.188. The van der Waals surface area contributed by atoms with Crippen molar-refractivity contribution in [3.8, 4) is 5.75 Å². The molecule has 3 aromatic carbocycles. The van der Waals surface area contributed by atoms with Gasteiger partial charge in [0.25, 0.3) is 0 Å². The summed E-state index contributed by atoms with van der Waals surface area (Å²) in [6.07, 6.45) is 1.93. The number of ether oxygens (including phenoxy) is 1. The number of para-hydroxylation sites is 1. The highest BCUT2D eigenvalue weighted by atomic mass is 16.5. The number of benzene rings is 3. The van der Waals surface area contributed by atoms with Gasteiger partial charge in [-0.3, -0.25) is 19.5 Å². The first-order valence-electron chi connectivity index (χ1n) is 17.7. The molecule has 3 aliphatic rings. The summed E-state index contributed by atoms with van der Waals surface area (Å²) in [6.45, 7) is 7.26. The molecule has 51 heavy (non-hydrogen) atoms. The smallest absolute Gasteiger partial charge is 0.334 e. The molecule has 0 aliphatic carbocycles. The van der Waals surface area contributed by atoms with Crippen molar-refractivity contribution in [2.24, 2.45) is 5.10 Å². The SMILES string of the molecule is C/C=N\N(CCN1CCOCC1)c1ccccc1CN1CC2N(C(=O)CN(C)N2C(=O)NCc2ccccc2)[C@@H](CCc2ccc(O)cc2)C1=O. The van der Waals surface area contributed by atoms with Gasteiger partial charge in [-0.25, -0.2) is 14.8 Å². The predicted molar refractivity (Wildman–Crippen MR) is 195 cm³/mol. The maximum atomic E-state index is 14.5. The van der Waals surface area contributed by atoms with Crippen LogP contribution in [-0.2, 0) is 33.8 Å². The van der Waals surface area contributed by atoms with Crippen molar-refractivity contribution in [3.05, 3.63) is 95.6 Å². The van der Waals surface area contributed by atoms with Crippen molar-refractivity contribution in [2.75, 3.05) is 64.5 Å². The number of hydrogen-bond donors (Lipinski definition) is 2. The van der Waals surface area contributed by atoms with E-state index in [2.05, 4.69) is 10.2 Å². The van der Waals surface area contributed by atoms with Crippen molar-refractivity contribution < 1.29 is 24.2 Å². The van der Waals surface area contributed by atoms with Crippen LogP contribution in [0.1, 0.15) is 30.0 Å². The van der Waals surface area contributed by atoms with Crippen molar-refractivity contribution in [3.63, 3.8) is 0 Å². The molecule has 0 aromatic heterocycles. The summed E-state index contributed by atoms with van der Waals surface area (Å²) in [5.74, 6) is -0.207. The molecule has 2 N–H and O–H groups in total. The lowest BCUT2D eigenvalue weighted by atomic mass is 9.98. The van der Waals surface area contributed by atoms with Gasteiger partial charge in [-0.1, -0.05) is 60.7 Å². The third-order valence-electron chi connectivity index (χ3n) is 9.69. The fourth-order valence-corrected chi connectivity index (χ4v) is 7.09. The highest BCUT2D eigenvalue weighted by Gasteiger charge is 2.50. The van der Waals surface area contributed by atoms with Gasteiger partial charge in [0.05, 0.1) is 38.5 Å². The number of urea groups is 1. The number of amides is 4. The number of likely N-dealkylation sites (N-methyl/N-ethyl adjacent to an activating group) is 1. The lowest BCUT2D eigenvalue weighted by Crippen LogP contribution is -2.75. The summed E-state index contributed by atoms with van der Waals surface area (Å²) in [5, 5.41) is 22.8. The molecular weight excluding hydrogens is 648 g/mol. The number of aryl methyl sites for hydroxylation is 1. The van der Waals surface area contributed by atoms with Crippen molar-refractivity contribution in [1.29, 1.82) is 0 Å². The Kier molecular flexibility index (Phi) is 11.8. The molecule has 6 rings (SSSR count). The fourth-order valence-electron chi connectivity index (χ4n) is 7.09. The van der Waals surface area contributed by atoms with Crippen LogP contribution in [0, 0.1) is 0 Å². The van der Waals surface area contributed by atoms with Gasteiger partial charge in [-0.15, -0.1) is 0 Å². The third kappa shape index (κ3) is 8.67. The second kappa shape index (κ2) is 16.8. The highest BCUT2D eigenvalue weighted by Crippen LogP contribution is 2.31. The van der Waals surface area contributed by atoms with E-state index in [0.29, 0.717) is 25.9 Å². The molecule has 4 amide bonds. The van der Waals surface area contributed by atoms with Crippen LogP contribution >= 0.6 is 0 Å². The average molecular weight is 697 g/mol. The number of carbonyl (C=O) groups excluding carboxylic acids is 3. The van der Waals surface area contributed by atoms with E-state index in [-0.39, 0.29) is 43.2 Å². The zero-order valence-electron chi connectivity index (χ0n) is 29.4. The van der Waals surface area contributed by atoms with Gasteiger partial charge in [0.1, 0.15) is 18.0 Å². The van der Waals surface area contributed by atoms with Crippen LogP contribution in [0.4, 0.5) is 10.5 Å². The lowest BCUT2D eigenvalue weighted by Gasteiger charge is -2.54. The number of hydrogen-bond acceptors (Lipinski definition) is 9. The van der Waals surface area contributed by atoms with Gasteiger partial charge in [0.15, 0.2) is 0 Å². The zero-order chi connectivity index (χ0) is 35.7. The minimum absolute atomic E-state index is 0.0335. The first-order chi connectivity index (χ1) is 24.8. The highest BCUT2D eigenvalue weighted by molar-refractivity contribution is 5.91. The van der Waals surface area contributed by atoms with E-state index in [4.69, 9.17) is 9.84 Å². The summed E-state index contributed by atoms with van der Waals surface area (Å²) < 4.78 is 5.53. The number of morpholine rings is 1. The van der Waals surface area contributed by atoms with Gasteiger partial charge in [-0.05, 0) is 54.7 Å². The van der Waals surface area contributed by atoms with Gasteiger partial charge in [-0.2, -0.15) is 5.10 Å². The number of anilines is 1. The molecule has 13 nitrogen and oxygen atoms in total. The number of nitrogens with one attached hydrogen (secondary N) is 1. The van der Waals surface area contributed by atoms with Gasteiger partial charge in [0.2, 0.25) is 11.8 Å². The van der Waals surface area contributed by atoms with E-state index < -0.39 is 12.2 Å². The standard InChI is InChI=1S/C38H48N8O5/c1-3-40-44(20-19-42-21-23-51-24-22-42)33-12-8-7-11-31(33)26-43-27-35-45(34(37(43)49)18-15-29-13-16-32(47)17-14-29)36(48)28-41(2)46(35)38(50)39-25-30-9-5-4-6-10-30/h3-14,16-17,34-35,47H,15,18-28H2,1-2H3,(H,39,50)/b40-3-/t34-,35?/m0/s1. The summed E-state index contributed by atoms with van der Waals surface area (Å²) in [5.41, 5.74) is 3.70. The van der Waals surface area contributed by atoms with Crippen molar-refractivity contribution >= 4 is 29.7 Å². The number of hydrazone groups is 1. The topological polar surface area (TPSA) is 125 Å². The van der Waals surface area contributed by atoms with Gasteiger partial charge < -0.3 is 25.0 Å². The molecule has 3 aromatic rings. The molecule has 3 saturated heterocycles. The normalized spacial score (nSPS) is 20.2. The number of carbonyl (C=O) groups is 3. The second-order valence-corrected chi connectivity index (χ2v) is 13.1. The molecule has 0 radical (unpaired) electrons. The number of phenols is 1. The Morgan fingerprint density at radius 1 is 1.00 bits per heavy atom. The van der Waals surface area contributed by atoms with Crippen LogP contribution < -0.4 is 10.3 Å². The van der Waals surface area contributed by atoms with Crippen LogP contribution in [0.2, 0.25) is 0 Å². The summed E-state index contributed by atoms with van der Waals surface area (Å²) in [7, 11) is 1.73. The number of piperazine rings is 1. The molecule has 13 heteroatoms. The van der Waals surface area contributed by atoms with E-state index in [1.54, 1.807) is 45.2 Å². The monoisotopic (exact) mass is 696 g/mol. The fraction of sp³-hybridized carbons (Fsp3) is 0.421. The average Bonchev–Trinajstić information content (AvgIpc) is 3.14. The molecule has 0 saturated carbocycles. The van der Waals surface area contributed by atoms with Crippen molar-refractivity contribution in [1.82, 2.24) is 30.0 Å². The first-order valence-corrected chi connectivity index (χ1v) is 17.7. The van der Waals surface area contributed by atoms with E-state index >= 15 is 0 Å². The Hall–Kier alpha value is -4.98. The van der Waals surface area contributed by atoms with Crippen LogP contribution in [0.5, 0.6) is 5.75 Å². The Morgan fingerprint density at radius 3 is 2.47 bits per heavy atom. The van der Waals surface area contributed by atoms with Gasteiger partial charge in [0, 0.05) is 46.0 Å². The first kappa shape index (κ1) is 35.8. The third-order valence-corrected chi connectivity index (χ3v) is 9.69. The molecule has 3 heterocycles. The molecule has 3 aliphatic heterocycles. The van der Waals surface area contributed by atoms with Crippen LogP contribution in [-0.4, -0.2) is 126 Å². The molecule has 2 atom stereocenters. The second-order valence-electron chi connectivity index (χ2n) is 13.1. The maximum Gasteiger partial charge on any atom is 0.334 e. The largest absolute Gasteiger partial charge is 0.508 e. The Labute approximate surface area is 299 Å². The number of nitrogens with zero attached hydrogens (tertiary/aromatic N) is 7. The van der Waals surface area contributed by atoms with E-state index in [1.165, 1.54) is 0 Å². The van der Waals surface area contributed by atoms with Crippen LogP contribution in [0.3, 0.4) is 0 Å². The van der Waals surface area contributed by atoms with E-state index in [1.807, 2.05) is 78.7 Å². The summed E-state index contributed by atoms with van der Waals surface area (Å²) in [4.78, 5) is 47.9. The number of fused-ring (bicyclic) bond motifs is 1. The van der Waals surface area contributed by atoms with Gasteiger partial charge >= 0.3 is 6.03 Å². The molecule has 1 unspecified atom stereocenters. The minimum Gasteiger partial charge on any atom is -0.508 e. The Balaban J connectivity index is 1.28.